The number of hydrogen-bond donors (Lipinski definition) is 2. The Morgan fingerprint density at radius 3 is 2.18 bits per heavy atom. The largest absolute Gasteiger partial charge is 0.481 e. The van der Waals surface area contributed by atoms with Crippen LogP contribution in [0, 0.1) is 12.3 Å². The number of carboxylic acids is 1. The highest BCUT2D eigenvalue weighted by molar-refractivity contribution is 5.95. The molecule has 1 aromatic rings. The van der Waals surface area contributed by atoms with Gasteiger partial charge in [0, 0.05) is 12.2 Å². The maximum atomic E-state index is 12.3. The third-order valence-corrected chi connectivity index (χ3v) is 4.28. The van der Waals surface area contributed by atoms with Crippen molar-refractivity contribution in [2.24, 2.45) is 5.41 Å². The minimum absolute atomic E-state index is 0.119. The van der Waals surface area contributed by atoms with Crippen molar-refractivity contribution in [1.29, 1.82) is 0 Å². The number of carbonyl (C=O) groups is 2. The fraction of sp³-hybridized carbons (Fsp3) is 0.688. The van der Waals surface area contributed by atoms with Crippen molar-refractivity contribution in [2.75, 3.05) is 6.54 Å². The Balaban J connectivity index is 2.91. The standard InChI is InChI=1S/C16H27N3O3/c1-7-16(8-2,14(21)22)10-17-13(20)12-9-18-19(11(12)3)15(4,5)6/h9H,7-8,10H2,1-6H3,(H,17,20)(H,21,22). The van der Waals surface area contributed by atoms with Gasteiger partial charge in [0.05, 0.1) is 22.7 Å². The average Bonchev–Trinajstić information content (AvgIpc) is 2.81. The van der Waals surface area contributed by atoms with Gasteiger partial charge in [0.2, 0.25) is 0 Å². The molecule has 1 rings (SSSR count). The lowest BCUT2D eigenvalue weighted by Gasteiger charge is -2.26. The first kappa shape index (κ1) is 18.2. The number of hydrogen-bond acceptors (Lipinski definition) is 3. The van der Waals surface area contributed by atoms with E-state index in [1.165, 1.54) is 6.20 Å². The molecule has 6 nitrogen and oxygen atoms in total. The van der Waals surface area contributed by atoms with E-state index in [9.17, 15) is 14.7 Å². The zero-order valence-corrected chi connectivity index (χ0v) is 14.4. The van der Waals surface area contributed by atoms with Gasteiger partial charge in [-0.05, 0) is 40.5 Å². The van der Waals surface area contributed by atoms with Gasteiger partial charge in [-0.2, -0.15) is 5.10 Å². The van der Waals surface area contributed by atoms with Crippen molar-refractivity contribution in [2.45, 2.75) is 59.9 Å². The molecule has 0 bridgehead atoms. The molecular weight excluding hydrogens is 282 g/mol. The van der Waals surface area contributed by atoms with Crippen LogP contribution >= 0.6 is 0 Å². The van der Waals surface area contributed by atoms with Gasteiger partial charge in [-0.15, -0.1) is 0 Å². The summed E-state index contributed by atoms with van der Waals surface area (Å²) in [5, 5.41) is 16.4. The summed E-state index contributed by atoms with van der Waals surface area (Å²) < 4.78 is 1.80. The SMILES string of the molecule is CCC(CC)(CNC(=O)c1cnn(C(C)(C)C)c1C)C(=O)O. The molecule has 0 aromatic carbocycles. The fourth-order valence-corrected chi connectivity index (χ4v) is 2.53. The van der Waals surface area contributed by atoms with E-state index < -0.39 is 11.4 Å². The number of rotatable bonds is 6. The summed E-state index contributed by atoms with van der Waals surface area (Å²) in [5.74, 6) is -1.15. The predicted molar refractivity (Wildman–Crippen MR) is 84.9 cm³/mol. The molecule has 1 heterocycles. The van der Waals surface area contributed by atoms with Gasteiger partial charge < -0.3 is 10.4 Å². The smallest absolute Gasteiger partial charge is 0.311 e. The van der Waals surface area contributed by atoms with E-state index >= 15 is 0 Å². The molecule has 0 saturated carbocycles. The second-order valence-electron chi connectivity index (χ2n) is 6.70. The highest BCUT2D eigenvalue weighted by atomic mass is 16.4. The zero-order chi connectivity index (χ0) is 17.1. The molecular formula is C16H27N3O3. The van der Waals surface area contributed by atoms with Crippen LogP contribution in [0.2, 0.25) is 0 Å². The number of nitrogens with zero attached hydrogens (tertiary/aromatic N) is 2. The first-order chi connectivity index (χ1) is 10.1. The van der Waals surface area contributed by atoms with E-state index in [0.29, 0.717) is 18.4 Å². The van der Waals surface area contributed by atoms with Crippen molar-refractivity contribution in [3.63, 3.8) is 0 Å². The maximum Gasteiger partial charge on any atom is 0.311 e. The first-order valence-electron chi connectivity index (χ1n) is 7.65. The summed E-state index contributed by atoms with van der Waals surface area (Å²) in [6.07, 6.45) is 2.48. The summed E-state index contributed by atoms with van der Waals surface area (Å²) in [4.78, 5) is 23.8. The van der Waals surface area contributed by atoms with Gasteiger partial charge in [-0.25, -0.2) is 0 Å². The monoisotopic (exact) mass is 309 g/mol. The normalized spacial score (nSPS) is 12.3. The minimum atomic E-state index is -0.913. The Kier molecular flexibility index (Phi) is 5.38. The molecule has 0 radical (unpaired) electrons. The number of carbonyl (C=O) groups excluding carboxylic acids is 1. The molecule has 0 aliphatic heterocycles. The Morgan fingerprint density at radius 1 is 1.27 bits per heavy atom. The minimum Gasteiger partial charge on any atom is -0.481 e. The van der Waals surface area contributed by atoms with E-state index in [4.69, 9.17) is 0 Å². The molecule has 22 heavy (non-hydrogen) atoms. The Hall–Kier alpha value is -1.85. The van der Waals surface area contributed by atoms with E-state index in [0.717, 1.165) is 5.69 Å². The second kappa shape index (κ2) is 6.50. The number of aromatic nitrogens is 2. The summed E-state index contributed by atoms with van der Waals surface area (Å²) in [6.45, 7) is 11.7. The molecule has 2 N–H and O–H groups in total. The summed E-state index contributed by atoms with van der Waals surface area (Å²) in [5.41, 5.74) is 0.143. The summed E-state index contributed by atoms with van der Waals surface area (Å²) >= 11 is 0. The van der Waals surface area contributed by atoms with Crippen LogP contribution in [0.1, 0.15) is 63.5 Å². The van der Waals surface area contributed by atoms with Gasteiger partial charge in [0.15, 0.2) is 0 Å². The molecule has 6 heteroatoms. The lowest BCUT2D eigenvalue weighted by molar-refractivity contribution is -0.149. The molecule has 0 unspecified atom stereocenters. The van der Waals surface area contributed by atoms with E-state index in [-0.39, 0.29) is 18.0 Å². The molecule has 0 aliphatic carbocycles. The van der Waals surface area contributed by atoms with Gasteiger partial charge >= 0.3 is 5.97 Å². The lowest BCUT2D eigenvalue weighted by Crippen LogP contribution is -2.42. The molecule has 0 atom stereocenters. The maximum absolute atomic E-state index is 12.3. The van der Waals surface area contributed by atoms with Crippen LogP contribution < -0.4 is 5.32 Å². The van der Waals surface area contributed by atoms with Crippen LogP contribution in [0.15, 0.2) is 6.20 Å². The quantitative estimate of drug-likeness (QED) is 0.846. The van der Waals surface area contributed by atoms with Crippen molar-refractivity contribution in [3.05, 3.63) is 17.5 Å². The number of amides is 1. The van der Waals surface area contributed by atoms with Crippen LogP contribution in [-0.4, -0.2) is 33.3 Å². The number of carboxylic acid groups (broad SMARTS) is 1. The second-order valence-corrected chi connectivity index (χ2v) is 6.70. The van der Waals surface area contributed by atoms with Gasteiger partial charge in [0.25, 0.3) is 5.91 Å². The van der Waals surface area contributed by atoms with Gasteiger partial charge in [-0.3, -0.25) is 14.3 Å². The average molecular weight is 309 g/mol. The van der Waals surface area contributed by atoms with Crippen LogP contribution in [0.3, 0.4) is 0 Å². The van der Waals surface area contributed by atoms with Crippen LogP contribution in [0.5, 0.6) is 0 Å². The van der Waals surface area contributed by atoms with E-state index in [1.807, 2.05) is 41.5 Å². The van der Waals surface area contributed by atoms with Crippen LogP contribution in [0.4, 0.5) is 0 Å². The molecule has 0 spiro atoms. The molecule has 0 saturated heterocycles. The van der Waals surface area contributed by atoms with Gasteiger partial charge in [0.1, 0.15) is 0 Å². The van der Waals surface area contributed by atoms with E-state index in [2.05, 4.69) is 10.4 Å². The highest BCUT2D eigenvalue weighted by Gasteiger charge is 2.35. The van der Waals surface area contributed by atoms with Crippen molar-refractivity contribution < 1.29 is 14.7 Å². The van der Waals surface area contributed by atoms with Crippen molar-refractivity contribution in [1.82, 2.24) is 15.1 Å². The number of aliphatic carboxylic acids is 1. The fourth-order valence-electron chi connectivity index (χ4n) is 2.53. The topological polar surface area (TPSA) is 84.2 Å². The summed E-state index contributed by atoms with van der Waals surface area (Å²) in [6, 6.07) is 0. The third-order valence-electron chi connectivity index (χ3n) is 4.28. The van der Waals surface area contributed by atoms with E-state index in [1.54, 1.807) is 4.68 Å². The third kappa shape index (κ3) is 3.48. The Morgan fingerprint density at radius 2 is 1.82 bits per heavy atom. The lowest BCUT2D eigenvalue weighted by atomic mass is 9.82. The Bertz CT molecular complexity index is 551. The molecule has 1 amide bonds. The molecule has 0 fully saturated rings. The molecule has 1 aromatic heterocycles. The first-order valence-corrected chi connectivity index (χ1v) is 7.65. The number of nitrogens with one attached hydrogen (secondary N) is 1. The van der Waals surface area contributed by atoms with Crippen LogP contribution in [-0.2, 0) is 10.3 Å². The zero-order valence-electron chi connectivity index (χ0n) is 14.4. The van der Waals surface area contributed by atoms with Crippen molar-refractivity contribution >= 4 is 11.9 Å². The molecule has 124 valence electrons. The van der Waals surface area contributed by atoms with Crippen LogP contribution in [0.25, 0.3) is 0 Å². The summed E-state index contributed by atoms with van der Waals surface area (Å²) in [7, 11) is 0. The Labute approximate surface area is 131 Å². The predicted octanol–water partition coefficient (Wildman–Crippen LogP) is 2.57. The van der Waals surface area contributed by atoms with Crippen molar-refractivity contribution in [3.8, 4) is 0 Å². The molecule has 0 aliphatic rings. The van der Waals surface area contributed by atoms with Gasteiger partial charge in [-0.1, -0.05) is 13.8 Å². The highest BCUT2D eigenvalue weighted by Crippen LogP contribution is 2.26.